The highest BCUT2D eigenvalue weighted by Gasteiger charge is 2.31. The minimum Gasteiger partial charge on any atom is -0.378 e. The topological polar surface area (TPSA) is 6.48 Å². The molecule has 148 valence electrons. The van der Waals surface area contributed by atoms with Gasteiger partial charge in [0.2, 0.25) is 0 Å². The van der Waals surface area contributed by atoms with Crippen molar-refractivity contribution in [1.29, 1.82) is 0 Å². The normalized spacial score (nSPS) is 17.3. The Morgan fingerprint density at radius 1 is 1.08 bits per heavy atom. The number of unbranched alkanes of at least 4 members (excludes halogenated alkanes) is 4. The van der Waals surface area contributed by atoms with Gasteiger partial charge in [0.05, 0.1) is 0 Å². The molecular formula is C24H42N2. The lowest BCUT2D eigenvalue weighted by Crippen LogP contribution is -2.24. The molecule has 1 aliphatic heterocycles. The van der Waals surface area contributed by atoms with Gasteiger partial charge in [-0.05, 0) is 38.5 Å². The van der Waals surface area contributed by atoms with E-state index < -0.39 is 0 Å². The van der Waals surface area contributed by atoms with E-state index in [9.17, 15) is 0 Å². The zero-order valence-corrected chi connectivity index (χ0v) is 17.9. The lowest BCUT2D eigenvalue weighted by Gasteiger charge is -2.27. The molecule has 0 aromatic rings. The van der Waals surface area contributed by atoms with Crippen molar-refractivity contribution >= 4 is 0 Å². The van der Waals surface area contributed by atoms with Crippen LogP contribution in [0.5, 0.6) is 0 Å². The Kier molecular flexibility index (Phi) is 9.83. The molecule has 1 rings (SSSR count). The summed E-state index contributed by atoms with van der Waals surface area (Å²) in [6.07, 6.45) is 9.73. The molecule has 0 aliphatic carbocycles. The van der Waals surface area contributed by atoms with Crippen molar-refractivity contribution in [2.75, 3.05) is 20.1 Å². The Labute approximate surface area is 163 Å². The van der Waals surface area contributed by atoms with Crippen LogP contribution < -0.4 is 0 Å². The second-order valence-electron chi connectivity index (χ2n) is 8.48. The first-order valence-electron chi connectivity index (χ1n) is 10.4. The number of nitrogens with zero attached hydrogens (tertiary/aromatic N) is 2. The van der Waals surface area contributed by atoms with Gasteiger partial charge in [-0.1, -0.05) is 58.4 Å². The molecule has 1 atom stereocenters. The first kappa shape index (κ1) is 22.6. The summed E-state index contributed by atoms with van der Waals surface area (Å²) in [5, 5.41) is 0. The quantitative estimate of drug-likeness (QED) is 0.265. The summed E-state index contributed by atoms with van der Waals surface area (Å²) in [6.45, 7) is 25.6. The minimum atomic E-state index is 0.554. The molecule has 0 aromatic carbocycles. The predicted molar refractivity (Wildman–Crippen MR) is 117 cm³/mol. The molecule has 0 saturated carbocycles. The van der Waals surface area contributed by atoms with Crippen LogP contribution in [0.3, 0.4) is 0 Å². The third kappa shape index (κ3) is 7.43. The zero-order chi connectivity index (χ0) is 19.7. The summed E-state index contributed by atoms with van der Waals surface area (Å²) >= 11 is 0. The van der Waals surface area contributed by atoms with E-state index in [-0.39, 0.29) is 0 Å². The fourth-order valence-electron chi connectivity index (χ4n) is 3.70. The van der Waals surface area contributed by atoms with Crippen LogP contribution in [-0.4, -0.2) is 29.9 Å². The molecule has 0 N–H and O–H groups in total. The molecule has 0 aromatic heterocycles. The summed E-state index contributed by atoms with van der Waals surface area (Å²) in [6, 6.07) is 0. The van der Waals surface area contributed by atoms with Crippen molar-refractivity contribution in [2.24, 2.45) is 11.8 Å². The first-order valence-corrected chi connectivity index (χ1v) is 10.4. The highest BCUT2D eigenvalue weighted by molar-refractivity contribution is 5.21. The molecule has 1 fully saturated rings. The van der Waals surface area contributed by atoms with E-state index in [1.807, 2.05) is 0 Å². The summed E-state index contributed by atoms with van der Waals surface area (Å²) < 4.78 is 0. The largest absolute Gasteiger partial charge is 0.378 e. The molecule has 0 radical (unpaired) electrons. The second-order valence-corrected chi connectivity index (χ2v) is 8.48. The van der Waals surface area contributed by atoms with Gasteiger partial charge in [-0.3, -0.25) is 0 Å². The second kappa shape index (κ2) is 11.3. The van der Waals surface area contributed by atoms with Gasteiger partial charge in [0, 0.05) is 49.6 Å². The molecule has 2 nitrogen and oxygen atoms in total. The van der Waals surface area contributed by atoms with E-state index in [4.69, 9.17) is 0 Å². The van der Waals surface area contributed by atoms with Crippen LogP contribution in [0.25, 0.3) is 0 Å². The fraction of sp³-hybridized carbons (Fsp3) is 0.667. The van der Waals surface area contributed by atoms with Gasteiger partial charge >= 0.3 is 0 Å². The molecule has 0 amide bonds. The monoisotopic (exact) mass is 358 g/mol. The van der Waals surface area contributed by atoms with Crippen molar-refractivity contribution in [3.05, 3.63) is 49.0 Å². The van der Waals surface area contributed by atoms with Gasteiger partial charge in [0.15, 0.2) is 0 Å². The number of hydrogen-bond donors (Lipinski definition) is 0. The summed E-state index contributed by atoms with van der Waals surface area (Å²) in [4.78, 5) is 4.65. The van der Waals surface area contributed by atoms with Gasteiger partial charge in [-0.15, -0.1) is 6.58 Å². The molecule has 1 unspecified atom stereocenters. The molecule has 26 heavy (non-hydrogen) atoms. The van der Waals surface area contributed by atoms with E-state index in [0.29, 0.717) is 11.8 Å². The van der Waals surface area contributed by atoms with E-state index in [0.717, 1.165) is 25.9 Å². The third-order valence-electron chi connectivity index (χ3n) is 5.68. The maximum Gasteiger partial charge on any atom is 0.0279 e. The van der Waals surface area contributed by atoms with Crippen LogP contribution in [0.15, 0.2) is 49.0 Å². The number of likely N-dealkylation sites (tertiary alicyclic amines) is 1. The lowest BCUT2D eigenvalue weighted by atomic mass is 9.92. The van der Waals surface area contributed by atoms with Gasteiger partial charge in [0.1, 0.15) is 0 Å². The van der Waals surface area contributed by atoms with Gasteiger partial charge < -0.3 is 9.80 Å². The van der Waals surface area contributed by atoms with Crippen molar-refractivity contribution in [3.8, 4) is 0 Å². The van der Waals surface area contributed by atoms with Crippen LogP contribution in [0.1, 0.15) is 72.1 Å². The maximum atomic E-state index is 4.32. The highest BCUT2D eigenvalue weighted by atomic mass is 15.2. The zero-order valence-electron chi connectivity index (χ0n) is 17.9. The fourth-order valence-corrected chi connectivity index (χ4v) is 3.70. The first-order chi connectivity index (χ1) is 12.2. The van der Waals surface area contributed by atoms with Crippen LogP contribution in [0, 0.1) is 11.8 Å². The average Bonchev–Trinajstić information content (AvgIpc) is 2.85. The van der Waals surface area contributed by atoms with Gasteiger partial charge in [0.25, 0.3) is 0 Å². The lowest BCUT2D eigenvalue weighted by molar-refractivity contribution is 0.357. The van der Waals surface area contributed by atoms with Crippen LogP contribution >= 0.6 is 0 Å². The van der Waals surface area contributed by atoms with Crippen LogP contribution in [0.2, 0.25) is 0 Å². The summed E-state index contributed by atoms with van der Waals surface area (Å²) in [7, 11) is 2.17. The third-order valence-corrected chi connectivity index (χ3v) is 5.68. The van der Waals surface area contributed by atoms with E-state index >= 15 is 0 Å². The number of hydrogen-bond acceptors (Lipinski definition) is 2. The highest BCUT2D eigenvalue weighted by Crippen LogP contribution is 2.38. The Morgan fingerprint density at radius 2 is 1.69 bits per heavy atom. The van der Waals surface area contributed by atoms with Crippen molar-refractivity contribution in [2.45, 2.75) is 72.1 Å². The molecular weight excluding hydrogens is 316 g/mol. The van der Waals surface area contributed by atoms with Crippen molar-refractivity contribution in [3.63, 3.8) is 0 Å². The van der Waals surface area contributed by atoms with Crippen molar-refractivity contribution in [1.82, 2.24) is 9.80 Å². The Balaban J connectivity index is 2.21. The summed E-state index contributed by atoms with van der Waals surface area (Å²) in [5.74, 6) is 1.18. The average molecular weight is 359 g/mol. The minimum absolute atomic E-state index is 0.554. The van der Waals surface area contributed by atoms with E-state index in [1.54, 1.807) is 0 Å². The molecule has 1 heterocycles. The molecule has 2 heteroatoms. The molecule has 0 bridgehead atoms. The molecule has 1 aliphatic rings. The Morgan fingerprint density at radius 3 is 2.27 bits per heavy atom. The van der Waals surface area contributed by atoms with Crippen LogP contribution in [-0.2, 0) is 0 Å². The van der Waals surface area contributed by atoms with E-state index in [1.165, 1.54) is 61.2 Å². The van der Waals surface area contributed by atoms with E-state index in [2.05, 4.69) is 63.9 Å². The standard InChI is InChI=1S/C24H42N2/c1-19(2)14-12-10-9-11-13-16-25(8)21(5)15-17-26-22(6)18-24(20(3)4)23(26)7/h20,24H,1,5-7,9-18H2,2-4,8H3. The van der Waals surface area contributed by atoms with Gasteiger partial charge in [-0.25, -0.2) is 0 Å². The van der Waals surface area contributed by atoms with Gasteiger partial charge in [-0.2, -0.15) is 0 Å². The number of allylic oxidation sites excluding steroid dienone is 3. The predicted octanol–water partition coefficient (Wildman–Crippen LogP) is 6.74. The SMILES string of the molecule is C=C(C)CCCCCCCN(C)C(=C)CCN1C(=C)CC(C(C)C)C1=C. The van der Waals surface area contributed by atoms with Crippen molar-refractivity contribution < 1.29 is 0 Å². The number of rotatable bonds is 13. The Hall–Kier alpha value is -1.44. The molecule has 0 spiro atoms. The molecule has 1 saturated heterocycles. The maximum absolute atomic E-state index is 4.32. The Bertz CT molecular complexity index is 500. The smallest absolute Gasteiger partial charge is 0.0279 e. The summed E-state index contributed by atoms with van der Waals surface area (Å²) in [5.41, 5.74) is 5.00. The van der Waals surface area contributed by atoms with Crippen LogP contribution in [0.4, 0.5) is 0 Å².